The summed E-state index contributed by atoms with van der Waals surface area (Å²) in [4.78, 5) is 11.0. The molecule has 0 bridgehead atoms. The molecule has 1 rings (SSSR count). The van der Waals surface area contributed by atoms with Gasteiger partial charge in [0.1, 0.15) is 5.75 Å². The number of aromatic carboxylic acids is 1. The maximum Gasteiger partial charge on any atom is 0.336 e. The number of hydrogen-bond donors (Lipinski definition) is 2. The number of aromatic hydroxyl groups is 1. The highest BCUT2D eigenvalue weighted by atomic mass is 16.4. The summed E-state index contributed by atoms with van der Waals surface area (Å²) in [6.45, 7) is 2.16. The van der Waals surface area contributed by atoms with Gasteiger partial charge in [0.25, 0.3) is 0 Å². The Bertz CT molecular complexity index is 372. The smallest absolute Gasteiger partial charge is 0.336 e. The first kappa shape index (κ1) is 13.6. The van der Waals surface area contributed by atoms with Crippen LogP contribution in [0.3, 0.4) is 0 Å². The summed E-state index contributed by atoms with van der Waals surface area (Å²) in [5.74, 6) is -0.871. The van der Waals surface area contributed by atoms with Crippen molar-refractivity contribution in [2.45, 2.75) is 45.4 Å². The maximum absolute atomic E-state index is 11.0. The van der Waals surface area contributed by atoms with E-state index in [2.05, 4.69) is 6.92 Å². The molecule has 0 atom stereocenters. The normalized spacial score (nSPS) is 10.4. The van der Waals surface area contributed by atoms with Crippen molar-refractivity contribution >= 4 is 5.97 Å². The summed E-state index contributed by atoms with van der Waals surface area (Å²) >= 11 is 0. The van der Waals surface area contributed by atoms with Crippen molar-refractivity contribution in [1.82, 2.24) is 0 Å². The fourth-order valence-corrected chi connectivity index (χ4v) is 1.94. The summed E-state index contributed by atoms with van der Waals surface area (Å²) in [7, 11) is 0. The summed E-state index contributed by atoms with van der Waals surface area (Å²) in [5.41, 5.74) is 0.789. The standard InChI is InChI=1S/C14H20O3/c1-2-3-4-5-6-8-11-12(14(16)17)9-7-10-13(11)15/h7,9-10,15H,2-6,8H2,1H3,(H,16,17). The Hall–Kier alpha value is -1.51. The first-order valence-corrected chi connectivity index (χ1v) is 6.21. The number of hydrogen-bond acceptors (Lipinski definition) is 2. The minimum absolute atomic E-state index is 0.0976. The highest BCUT2D eigenvalue weighted by Crippen LogP contribution is 2.23. The molecule has 1 aromatic carbocycles. The molecule has 3 heteroatoms. The fraction of sp³-hybridized carbons (Fsp3) is 0.500. The van der Waals surface area contributed by atoms with Crippen LogP contribution in [-0.4, -0.2) is 16.2 Å². The van der Waals surface area contributed by atoms with Gasteiger partial charge in [-0.2, -0.15) is 0 Å². The third-order valence-corrected chi connectivity index (χ3v) is 2.91. The molecule has 2 N–H and O–H groups in total. The molecule has 0 amide bonds. The van der Waals surface area contributed by atoms with E-state index < -0.39 is 5.97 Å². The van der Waals surface area contributed by atoms with Crippen molar-refractivity contribution in [2.24, 2.45) is 0 Å². The van der Waals surface area contributed by atoms with Gasteiger partial charge in [0.05, 0.1) is 5.56 Å². The molecular weight excluding hydrogens is 216 g/mol. The second-order valence-electron chi connectivity index (χ2n) is 4.27. The number of carbonyl (C=O) groups is 1. The van der Waals surface area contributed by atoms with Crippen LogP contribution in [0.15, 0.2) is 18.2 Å². The molecule has 94 valence electrons. The Kier molecular flexibility index (Phi) is 5.53. The fourth-order valence-electron chi connectivity index (χ4n) is 1.94. The number of rotatable bonds is 7. The van der Waals surface area contributed by atoms with E-state index in [1.54, 1.807) is 18.2 Å². The van der Waals surface area contributed by atoms with Crippen LogP contribution in [0.2, 0.25) is 0 Å². The van der Waals surface area contributed by atoms with Gasteiger partial charge in [-0.25, -0.2) is 4.79 Å². The first-order valence-electron chi connectivity index (χ1n) is 6.21. The first-order chi connectivity index (χ1) is 8.16. The van der Waals surface area contributed by atoms with E-state index in [1.165, 1.54) is 19.3 Å². The van der Waals surface area contributed by atoms with Crippen LogP contribution < -0.4 is 0 Å². The Balaban J connectivity index is 2.60. The second-order valence-corrected chi connectivity index (χ2v) is 4.27. The third kappa shape index (κ3) is 4.10. The number of carboxylic acid groups (broad SMARTS) is 1. The van der Waals surface area contributed by atoms with E-state index >= 15 is 0 Å². The second kappa shape index (κ2) is 6.94. The van der Waals surface area contributed by atoms with Crippen molar-refractivity contribution in [1.29, 1.82) is 0 Å². The zero-order chi connectivity index (χ0) is 12.7. The maximum atomic E-state index is 11.0. The molecule has 0 aliphatic heterocycles. The lowest BCUT2D eigenvalue weighted by atomic mass is 9.99. The zero-order valence-corrected chi connectivity index (χ0v) is 10.3. The van der Waals surface area contributed by atoms with E-state index in [0.29, 0.717) is 12.0 Å². The van der Waals surface area contributed by atoms with Gasteiger partial charge >= 0.3 is 5.97 Å². The molecule has 3 nitrogen and oxygen atoms in total. The van der Waals surface area contributed by atoms with Crippen LogP contribution in [0.5, 0.6) is 5.75 Å². The van der Waals surface area contributed by atoms with Crippen molar-refractivity contribution in [2.75, 3.05) is 0 Å². The highest BCUT2D eigenvalue weighted by molar-refractivity contribution is 5.90. The number of phenolic OH excluding ortho intramolecular Hbond substituents is 1. The van der Waals surface area contributed by atoms with E-state index in [1.807, 2.05) is 0 Å². The van der Waals surface area contributed by atoms with Crippen LogP contribution in [0.1, 0.15) is 54.9 Å². The molecule has 0 spiro atoms. The average molecular weight is 236 g/mol. The minimum Gasteiger partial charge on any atom is -0.508 e. The highest BCUT2D eigenvalue weighted by Gasteiger charge is 2.12. The largest absolute Gasteiger partial charge is 0.508 e. The lowest BCUT2D eigenvalue weighted by molar-refractivity contribution is 0.0695. The Labute approximate surface area is 102 Å². The van der Waals surface area contributed by atoms with E-state index in [0.717, 1.165) is 12.8 Å². The minimum atomic E-state index is -0.968. The van der Waals surface area contributed by atoms with Gasteiger partial charge in [-0.3, -0.25) is 0 Å². The van der Waals surface area contributed by atoms with Gasteiger partial charge in [-0.1, -0.05) is 38.7 Å². The van der Waals surface area contributed by atoms with E-state index in [-0.39, 0.29) is 11.3 Å². The summed E-state index contributed by atoms with van der Waals surface area (Å²) in [6.07, 6.45) is 6.23. The van der Waals surface area contributed by atoms with E-state index in [4.69, 9.17) is 5.11 Å². The Morgan fingerprint density at radius 2 is 1.88 bits per heavy atom. The molecule has 0 aromatic heterocycles. The topological polar surface area (TPSA) is 57.5 Å². The predicted octanol–water partition coefficient (Wildman–Crippen LogP) is 3.60. The van der Waals surface area contributed by atoms with Crippen molar-refractivity contribution in [3.63, 3.8) is 0 Å². The number of carboxylic acids is 1. The predicted molar refractivity (Wildman–Crippen MR) is 67.5 cm³/mol. The molecule has 0 aliphatic carbocycles. The van der Waals surface area contributed by atoms with Crippen molar-refractivity contribution in [3.8, 4) is 5.75 Å². The summed E-state index contributed by atoms with van der Waals surface area (Å²) in [6, 6.07) is 4.66. The van der Waals surface area contributed by atoms with Crippen LogP contribution in [0, 0.1) is 0 Å². The molecule has 0 radical (unpaired) electrons. The average Bonchev–Trinajstić information content (AvgIpc) is 2.30. The zero-order valence-electron chi connectivity index (χ0n) is 10.3. The lowest BCUT2D eigenvalue weighted by Crippen LogP contribution is -2.02. The van der Waals surface area contributed by atoms with Gasteiger partial charge in [0, 0.05) is 5.56 Å². The molecule has 0 saturated heterocycles. The Morgan fingerprint density at radius 1 is 1.18 bits per heavy atom. The van der Waals surface area contributed by atoms with Crippen molar-refractivity contribution < 1.29 is 15.0 Å². The molecule has 17 heavy (non-hydrogen) atoms. The van der Waals surface area contributed by atoms with Crippen LogP contribution in [0.25, 0.3) is 0 Å². The van der Waals surface area contributed by atoms with E-state index in [9.17, 15) is 9.90 Å². The van der Waals surface area contributed by atoms with Gasteiger partial charge in [0.15, 0.2) is 0 Å². The van der Waals surface area contributed by atoms with Gasteiger partial charge < -0.3 is 10.2 Å². The number of benzene rings is 1. The third-order valence-electron chi connectivity index (χ3n) is 2.91. The van der Waals surface area contributed by atoms with Gasteiger partial charge in [-0.05, 0) is 25.0 Å². The summed E-state index contributed by atoms with van der Waals surface area (Å²) in [5, 5.41) is 18.7. The lowest BCUT2D eigenvalue weighted by Gasteiger charge is -2.08. The van der Waals surface area contributed by atoms with Crippen LogP contribution in [0.4, 0.5) is 0 Å². The van der Waals surface area contributed by atoms with Crippen LogP contribution >= 0.6 is 0 Å². The molecule has 1 aromatic rings. The molecule has 0 heterocycles. The van der Waals surface area contributed by atoms with Gasteiger partial charge in [0.2, 0.25) is 0 Å². The molecular formula is C14H20O3. The van der Waals surface area contributed by atoms with Crippen molar-refractivity contribution in [3.05, 3.63) is 29.3 Å². The number of unbranched alkanes of at least 4 members (excludes halogenated alkanes) is 4. The van der Waals surface area contributed by atoms with Gasteiger partial charge in [-0.15, -0.1) is 0 Å². The molecule has 0 aliphatic rings. The molecule has 0 fully saturated rings. The molecule has 0 unspecified atom stereocenters. The number of phenols is 1. The monoisotopic (exact) mass is 236 g/mol. The summed E-state index contributed by atoms with van der Waals surface area (Å²) < 4.78 is 0. The molecule has 0 saturated carbocycles. The quantitative estimate of drug-likeness (QED) is 0.711. The SMILES string of the molecule is CCCCCCCc1c(O)cccc1C(=O)O. The Morgan fingerprint density at radius 3 is 2.53 bits per heavy atom. The van der Waals surface area contributed by atoms with Crippen LogP contribution in [-0.2, 0) is 6.42 Å².